The van der Waals surface area contributed by atoms with E-state index in [-0.39, 0.29) is 0 Å². The van der Waals surface area contributed by atoms with Crippen molar-refractivity contribution in [3.05, 3.63) is 115 Å². The lowest BCUT2D eigenvalue weighted by atomic mass is 10.1. The molecule has 0 aliphatic heterocycles. The summed E-state index contributed by atoms with van der Waals surface area (Å²) in [6, 6.07) is 24.8. The molecular weight excluding hydrogens is 518 g/mol. The third kappa shape index (κ3) is 7.67. The highest BCUT2D eigenvalue weighted by atomic mass is 16.5. The minimum atomic E-state index is 0.327. The molecule has 0 unspecified atom stereocenters. The van der Waals surface area contributed by atoms with Crippen molar-refractivity contribution >= 4 is 11.7 Å². The first-order valence-electron chi connectivity index (χ1n) is 13.4. The number of hydrogen-bond donors (Lipinski definition) is 0. The molecule has 2 heterocycles. The van der Waals surface area contributed by atoms with Crippen molar-refractivity contribution in [3.63, 3.8) is 0 Å². The molecule has 0 bridgehead atoms. The fourth-order valence-corrected chi connectivity index (χ4v) is 4.38. The Morgan fingerprint density at radius 3 is 2.44 bits per heavy atom. The summed E-state index contributed by atoms with van der Waals surface area (Å²) in [7, 11) is 5.68. The van der Waals surface area contributed by atoms with E-state index in [0.717, 1.165) is 39.7 Å². The van der Waals surface area contributed by atoms with Crippen LogP contribution in [0.1, 0.15) is 16.8 Å². The maximum absolute atomic E-state index is 5.94. The van der Waals surface area contributed by atoms with Crippen LogP contribution in [0.4, 0.5) is 11.7 Å². The van der Waals surface area contributed by atoms with Crippen LogP contribution in [0, 0.1) is 0 Å². The topological polar surface area (TPSA) is 78.0 Å². The zero-order chi connectivity index (χ0) is 28.4. The van der Waals surface area contributed by atoms with E-state index in [2.05, 4.69) is 34.1 Å². The Morgan fingerprint density at radius 1 is 0.878 bits per heavy atom. The predicted octanol–water partition coefficient (Wildman–Crippen LogP) is 5.74. The van der Waals surface area contributed by atoms with Gasteiger partial charge in [-0.2, -0.15) is 4.98 Å². The molecule has 0 fully saturated rings. The van der Waals surface area contributed by atoms with Crippen molar-refractivity contribution in [1.82, 2.24) is 14.5 Å². The molecule has 0 saturated carbocycles. The van der Waals surface area contributed by atoms with Gasteiger partial charge in [-0.05, 0) is 47.5 Å². The molecule has 2 aromatic heterocycles. The zero-order valence-corrected chi connectivity index (χ0v) is 23.6. The van der Waals surface area contributed by atoms with E-state index < -0.39 is 0 Å². The Bertz CT molecular complexity index is 1520. The van der Waals surface area contributed by atoms with Crippen LogP contribution in [0.3, 0.4) is 0 Å². The summed E-state index contributed by atoms with van der Waals surface area (Å²) >= 11 is 0. The van der Waals surface area contributed by atoms with Gasteiger partial charge in [0.15, 0.2) is 0 Å². The highest BCUT2D eigenvalue weighted by molar-refractivity contribution is 5.49. The molecule has 0 atom stereocenters. The first-order chi connectivity index (χ1) is 20.1. The molecule has 5 aromatic rings. The number of anilines is 2. The number of nitrogens with zero attached hydrogens (tertiary/aromatic N) is 5. The first-order valence-corrected chi connectivity index (χ1v) is 13.4. The molecule has 0 radical (unpaired) electrons. The van der Waals surface area contributed by atoms with Gasteiger partial charge in [-0.25, -0.2) is 4.98 Å². The van der Waals surface area contributed by atoms with E-state index in [9.17, 15) is 0 Å². The molecule has 41 heavy (non-hydrogen) atoms. The molecule has 0 spiro atoms. The number of ether oxygens (including phenoxy) is 3. The second-order valence-electron chi connectivity index (χ2n) is 9.76. The summed E-state index contributed by atoms with van der Waals surface area (Å²) in [5.74, 6) is 1.62. The van der Waals surface area contributed by atoms with E-state index >= 15 is 0 Å². The van der Waals surface area contributed by atoms with Crippen molar-refractivity contribution in [2.75, 3.05) is 44.2 Å². The van der Waals surface area contributed by atoms with E-state index in [1.54, 1.807) is 25.9 Å². The van der Waals surface area contributed by atoms with Gasteiger partial charge in [0.05, 0.1) is 26.7 Å². The molecule has 9 nitrogen and oxygen atoms in total. The first kappa shape index (κ1) is 27.8. The van der Waals surface area contributed by atoms with Gasteiger partial charge < -0.3 is 33.0 Å². The summed E-state index contributed by atoms with van der Waals surface area (Å²) in [6.45, 7) is 2.39. The number of methoxy groups -OCH3 is 1. The second-order valence-corrected chi connectivity index (χ2v) is 9.76. The summed E-state index contributed by atoms with van der Waals surface area (Å²) in [6.07, 6.45) is 7.14. The Morgan fingerprint density at radius 2 is 1.66 bits per heavy atom. The Balaban J connectivity index is 1.23. The Hall–Kier alpha value is -4.76. The lowest BCUT2D eigenvalue weighted by molar-refractivity contribution is 0.0869. The summed E-state index contributed by atoms with van der Waals surface area (Å²) in [4.78, 5) is 13.1. The Kier molecular flexibility index (Phi) is 9.18. The minimum Gasteiger partial charge on any atom is -0.497 e. The van der Waals surface area contributed by atoms with Crippen LogP contribution in [-0.4, -0.2) is 49.0 Å². The standard InChI is InChI=1S/C32H35N5O4/c1-35(2)28-9-6-12-31(19-28)40-16-15-39-22-27-23-41-32(34-27)37(21-26-8-5-11-30(18-26)38-3)20-25-7-4-10-29(17-25)36-14-13-33-24-36/h4-14,17-19,23-24H,15-16,20-22H2,1-3H3. The highest BCUT2D eigenvalue weighted by Gasteiger charge is 2.16. The lowest BCUT2D eigenvalue weighted by Gasteiger charge is -2.21. The number of oxazole rings is 1. The van der Waals surface area contributed by atoms with Crippen molar-refractivity contribution in [1.29, 1.82) is 0 Å². The fraction of sp³-hybridized carbons (Fsp3) is 0.250. The number of benzene rings is 3. The van der Waals surface area contributed by atoms with Crippen molar-refractivity contribution < 1.29 is 18.6 Å². The van der Waals surface area contributed by atoms with Gasteiger partial charge in [-0.15, -0.1) is 0 Å². The molecular formula is C32H35N5O4. The highest BCUT2D eigenvalue weighted by Crippen LogP contribution is 2.23. The van der Waals surface area contributed by atoms with Crippen LogP contribution in [0.25, 0.3) is 5.69 Å². The largest absolute Gasteiger partial charge is 0.497 e. The van der Waals surface area contributed by atoms with Crippen LogP contribution < -0.4 is 19.3 Å². The van der Waals surface area contributed by atoms with Gasteiger partial charge in [0, 0.05) is 57.0 Å². The summed E-state index contributed by atoms with van der Waals surface area (Å²) in [5.41, 5.74) is 5.05. The molecule has 0 N–H and O–H groups in total. The molecule has 9 heteroatoms. The van der Waals surface area contributed by atoms with Crippen LogP contribution in [-0.2, 0) is 24.4 Å². The SMILES string of the molecule is COc1cccc(CN(Cc2cccc(-n3ccnc3)c2)c2nc(COCCOc3cccc(N(C)C)c3)co2)c1. The van der Waals surface area contributed by atoms with Gasteiger partial charge in [0.25, 0.3) is 6.01 Å². The quantitative estimate of drug-likeness (QED) is 0.161. The molecule has 0 aliphatic rings. The number of hydrogen-bond acceptors (Lipinski definition) is 8. The Labute approximate surface area is 240 Å². The van der Waals surface area contributed by atoms with Crippen LogP contribution in [0.2, 0.25) is 0 Å². The summed E-state index contributed by atoms with van der Waals surface area (Å²) in [5, 5.41) is 0. The smallest absolute Gasteiger partial charge is 0.298 e. The third-order valence-electron chi connectivity index (χ3n) is 6.48. The van der Waals surface area contributed by atoms with Crippen LogP contribution >= 0.6 is 0 Å². The van der Waals surface area contributed by atoms with E-state index in [4.69, 9.17) is 23.6 Å². The number of rotatable bonds is 14. The van der Waals surface area contributed by atoms with Crippen molar-refractivity contribution in [2.45, 2.75) is 19.7 Å². The average Bonchev–Trinajstić information content (AvgIpc) is 3.70. The normalized spacial score (nSPS) is 10.9. The summed E-state index contributed by atoms with van der Waals surface area (Å²) < 4.78 is 25.0. The van der Waals surface area contributed by atoms with E-state index in [1.165, 1.54) is 0 Å². The van der Waals surface area contributed by atoms with E-state index in [1.807, 2.05) is 78.3 Å². The monoisotopic (exact) mass is 553 g/mol. The van der Waals surface area contributed by atoms with E-state index in [0.29, 0.717) is 38.9 Å². The molecule has 0 aliphatic carbocycles. The minimum absolute atomic E-state index is 0.327. The van der Waals surface area contributed by atoms with Crippen molar-refractivity contribution in [3.8, 4) is 17.2 Å². The predicted molar refractivity (Wildman–Crippen MR) is 159 cm³/mol. The molecule has 212 valence electrons. The van der Waals surface area contributed by atoms with Crippen molar-refractivity contribution in [2.24, 2.45) is 0 Å². The number of aromatic nitrogens is 3. The van der Waals surface area contributed by atoms with Crippen LogP contribution in [0.5, 0.6) is 11.5 Å². The van der Waals surface area contributed by atoms with Gasteiger partial charge in [0.2, 0.25) is 0 Å². The van der Waals surface area contributed by atoms with Crippen LogP contribution in [0.15, 0.2) is 102 Å². The molecule has 3 aromatic carbocycles. The van der Waals surface area contributed by atoms with Gasteiger partial charge in [-0.3, -0.25) is 0 Å². The maximum atomic E-state index is 5.94. The van der Waals surface area contributed by atoms with Gasteiger partial charge >= 0.3 is 0 Å². The molecule has 0 amide bonds. The zero-order valence-electron chi connectivity index (χ0n) is 23.6. The fourth-order valence-electron chi connectivity index (χ4n) is 4.38. The average molecular weight is 554 g/mol. The molecule has 0 saturated heterocycles. The lowest BCUT2D eigenvalue weighted by Crippen LogP contribution is -2.22. The number of imidazole rings is 1. The second kappa shape index (κ2) is 13.5. The molecule has 5 rings (SSSR count). The van der Waals surface area contributed by atoms with Gasteiger partial charge in [0.1, 0.15) is 30.1 Å². The third-order valence-corrected chi connectivity index (χ3v) is 6.48. The van der Waals surface area contributed by atoms with Gasteiger partial charge in [-0.1, -0.05) is 30.3 Å². The maximum Gasteiger partial charge on any atom is 0.298 e.